The summed E-state index contributed by atoms with van der Waals surface area (Å²) in [7, 11) is 0. The van der Waals surface area contributed by atoms with Gasteiger partial charge < -0.3 is 0 Å². The zero-order valence-corrected chi connectivity index (χ0v) is 25.3. The first-order chi connectivity index (χ1) is 18.1. The van der Waals surface area contributed by atoms with E-state index in [9.17, 15) is 19.2 Å². The molecule has 1 saturated carbocycles. The van der Waals surface area contributed by atoms with E-state index in [0.717, 1.165) is 10.6 Å². The van der Waals surface area contributed by atoms with Crippen molar-refractivity contribution in [1.82, 2.24) is 10.0 Å². The van der Waals surface area contributed by atoms with Gasteiger partial charge in [0.1, 0.15) is 15.8 Å². The van der Waals surface area contributed by atoms with E-state index in [1.165, 1.54) is 31.2 Å². The Hall–Kier alpha value is -1.51. The Morgan fingerprint density at radius 1 is 0.795 bits per heavy atom. The molecule has 2 fully saturated rings. The lowest BCUT2D eigenvalue weighted by atomic mass is 9.84. The smallest absolute Gasteiger partial charge is 0.273 e. The van der Waals surface area contributed by atoms with E-state index in [1.54, 1.807) is 24.3 Å². The molecular formula is C26H17Cl7N2O4. The number of imide groups is 1. The van der Waals surface area contributed by atoms with Crippen molar-refractivity contribution < 1.29 is 19.2 Å². The van der Waals surface area contributed by atoms with Crippen molar-refractivity contribution in [1.29, 1.82) is 0 Å². The monoisotopic (exact) mass is 666 g/mol. The van der Waals surface area contributed by atoms with Crippen LogP contribution in [0.3, 0.4) is 0 Å². The maximum Gasteiger partial charge on any atom is 0.273 e. The summed E-state index contributed by atoms with van der Waals surface area (Å²) in [5.74, 6) is -6.22. The first-order valence-corrected chi connectivity index (χ1v) is 14.2. The van der Waals surface area contributed by atoms with E-state index in [0.29, 0.717) is 10.0 Å². The van der Waals surface area contributed by atoms with Crippen LogP contribution >= 0.6 is 81.2 Å². The van der Waals surface area contributed by atoms with Crippen LogP contribution < -0.4 is 0 Å². The molecule has 1 saturated heterocycles. The second-order valence-electron chi connectivity index (χ2n) is 9.63. The summed E-state index contributed by atoms with van der Waals surface area (Å²) < 4.78 is -2.14. The molecule has 0 aromatic heterocycles. The maximum absolute atomic E-state index is 14.0. The normalized spacial score (nSPS) is 29.6. The van der Waals surface area contributed by atoms with Crippen molar-refractivity contribution in [2.75, 3.05) is 0 Å². The standard InChI is InChI=1S/C26H17Cl7N2O4/c1-11-3-5-13(6-4-11)18(36)12(2)34(21(37)14-7-9-15(27)10-8-14)35-22(38)16-17(23(35)39)25(31)20(29)19(28)24(16,30)26(25,32)33/h3-10,12,16-17H,1-2H3/t12-,16+,17+,24+,25+/m0/s1. The number of benzene rings is 2. The van der Waals surface area contributed by atoms with Gasteiger partial charge in [-0.05, 0) is 38.1 Å². The molecule has 2 aliphatic carbocycles. The number of alkyl halides is 4. The highest BCUT2D eigenvalue weighted by Gasteiger charge is 2.88. The average molecular weight is 670 g/mol. The Bertz CT molecular complexity index is 1430. The Kier molecular flexibility index (Phi) is 7.08. The van der Waals surface area contributed by atoms with Crippen LogP contribution in [0.15, 0.2) is 58.6 Å². The minimum atomic E-state index is -2.14. The Morgan fingerprint density at radius 3 is 1.69 bits per heavy atom. The summed E-state index contributed by atoms with van der Waals surface area (Å²) in [5, 5.41) is 1.19. The second-order valence-corrected chi connectivity index (χ2v) is 13.3. The quantitative estimate of drug-likeness (QED) is 0.201. The van der Waals surface area contributed by atoms with Gasteiger partial charge in [-0.15, -0.1) is 23.2 Å². The molecule has 1 aliphatic heterocycles. The lowest BCUT2D eigenvalue weighted by molar-refractivity contribution is -0.157. The molecule has 6 nitrogen and oxygen atoms in total. The van der Waals surface area contributed by atoms with Gasteiger partial charge in [0.15, 0.2) is 10.1 Å². The van der Waals surface area contributed by atoms with Crippen molar-refractivity contribution >= 4 is 105 Å². The van der Waals surface area contributed by atoms with Gasteiger partial charge in [0.2, 0.25) is 0 Å². The third-order valence-electron chi connectivity index (χ3n) is 7.48. The van der Waals surface area contributed by atoms with Crippen molar-refractivity contribution in [2.45, 2.75) is 34.0 Å². The number of Topliss-reactive ketones (excluding diaryl/α,β-unsaturated/α-hetero) is 1. The molecule has 5 rings (SSSR count). The summed E-state index contributed by atoms with van der Waals surface area (Å²) >= 11 is 45.5. The molecule has 1 heterocycles. The Balaban J connectivity index is 1.63. The number of hydrazine groups is 1. The van der Waals surface area contributed by atoms with Crippen LogP contribution in [0, 0.1) is 18.8 Å². The number of ketones is 1. The number of carbonyl (C=O) groups excluding carboxylic acids is 4. The molecule has 5 atom stereocenters. The van der Waals surface area contributed by atoms with Crippen LogP contribution in [0.2, 0.25) is 5.02 Å². The Labute approximate surface area is 258 Å². The molecule has 0 unspecified atom stereocenters. The maximum atomic E-state index is 14.0. The molecule has 0 N–H and O–H groups in total. The average Bonchev–Trinajstić information content (AvgIpc) is 3.28. The molecule has 204 valence electrons. The molecule has 3 aliphatic rings. The first kappa shape index (κ1) is 29.0. The van der Waals surface area contributed by atoms with Gasteiger partial charge in [0.05, 0.1) is 21.9 Å². The third-order valence-corrected chi connectivity index (χ3v) is 12.0. The number of hydrogen-bond acceptors (Lipinski definition) is 4. The number of halogens is 7. The zero-order chi connectivity index (χ0) is 28.8. The molecule has 2 aromatic carbocycles. The van der Waals surface area contributed by atoms with Crippen molar-refractivity contribution in [3.8, 4) is 0 Å². The van der Waals surface area contributed by atoms with E-state index in [4.69, 9.17) is 81.2 Å². The molecule has 2 aromatic rings. The summed E-state index contributed by atoms with van der Waals surface area (Å²) in [4.78, 5) is 51.3. The fourth-order valence-corrected chi connectivity index (χ4v) is 8.48. The van der Waals surface area contributed by atoms with Gasteiger partial charge >= 0.3 is 0 Å². The zero-order valence-electron chi connectivity index (χ0n) is 20.0. The summed E-state index contributed by atoms with van der Waals surface area (Å²) in [5.41, 5.74) is 1.23. The van der Waals surface area contributed by atoms with E-state index < -0.39 is 55.5 Å². The minimum absolute atomic E-state index is 0.0583. The predicted octanol–water partition coefficient (Wildman–Crippen LogP) is 6.72. The predicted molar refractivity (Wildman–Crippen MR) is 152 cm³/mol. The molecular weight excluding hydrogens is 652 g/mol. The Morgan fingerprint density at radius 2 is 1.23 bits per heavy atom. The van der Waals surface area contributed by atoms with Crippen LogP contribution in [0.1, 0.15) is 33.2 Å². The number of rotatable bonds is 5. The van der Waals surface area contributed by atoms with E-state index in [2.05, 4.69) is 0 Å². The summed E-state index contributed by atoms with van der Waals surface area (Å²) in [6.45, 7) is 3.25. The highest BCUT2D eigenvalue weighted by atomic mass is 35.5. The van der Waals surface area contributed by atoms with Gasteiger partial charge in [-0.3, -0.25) is 19.2 Å². The van der Waals surface area contributed by atoms with Crippen LogP contribution in [0.25, 0.3) is 0 Å². The highest BCUT2D eigenvalue weighted by Crippen LogP contribution is 2.77. The van der Waals surface area contributed by atoms with Gasteiger partial charge in [0, 0.05) is 16.1 Å². The third kappa shape index (κ3) is 3.69. The van der Waals surface area contributed by atoms with Crippen LogP contribution in [0.5, 0.6) is 0 Å². The lowest BCUT2D eigenvalue weighted by Crippen LogP contribution is -2.59. The highest BCUT2D eigenvalue weighted by molar-refractivity contribution is 6.66. The molecule has 0 radical (unpaired) electrons. The van der Waals surface area contributed by atoms with Crippen molar-refractivity contribution in [2.24, 2.45) is 11.8 Å². The van der Waals surface area contributed by atoms with Crippen LogP contribution in [-0.2, 0) is 9.59 Å². The molecule has 0 spiro atoms. The molecule has 13 heteroatoms. The molecule has 39 heavy (non-hydrogen) atoms. The largest absolute Gasteiger partial charge is 0.292 e. The number of carbonyl (C=O) groups is 4. The van der Waals surface area contributed by atoms with Gasteiger partial charge in [-0.1, -0.05) is 87.8 Å². The van der Waals surface area contributed by atoms with Crippen molar-refractivity contribution in [3.63, 3.8) is 0 Å². The number of allylic oxidation sites excluding steroid dienone is 2. The van der Waals surface area contributed by atoms with Crippen molar-refractivity contribution in [3.05, 3.63) is 80.3 Å². The first-order valence-electron chi connectivity index (χ1n) is 11.5. The number of hydrogen-bond donors (Lipinski definition) is 0. The number of nitrogens with zero attached hydrogens (tertiary/aromatic N) is 2. The van der Waals surface area contributed by atoms with Crippen LogP contribution in [0.4, 0.5) is 0 Å². The number of aryl methyl sites for hydroxylation is 1. The number of fused-ring (bicyclic) bond motifs is 5. The van der Waals surface area contributed by atoms with Crippen LogP contribution in [-0.4, -0.2) is 53.6 Å². The number of amides is 3. The lowest BCUT2D eigenvalue weighted by Gasteiger charge is -2.38. The van der Waals surface area contributed by atoms with E-state index in [1.807, 2.05) is 6.92 Å². The second kappa shape index (κ2) is 9.52. The topological polar surface area (TPSA) is 74.8 Å². The minimum Gasteiger partial charge on any atom is -0.292 e. The summed E-state index contributed by atoms with van der Waals surface area (Å²) in [6, 6.07) is 11.0. The molecule has 2 bridgehead atoms. The fourth-order valence-electron chi connectivity index (χ4n) is 5.43. The van der Waals surface area contributed by atoms with Gasteiger partial charge in [-0.2, -0.15) is 5.01 Å². The fraction of sp³-hybridized carbons (Fsp3) is 0.308. The van der Waals surface area contributed by atoms with E-state index in [-0.39, 0.29) is 21.2 Å². The van der Waals surface area contributed by atoms with E-state index >= 15 is 0 Å². The summed E-state index contributed by atoms with van der Waals surface area (Å²) in [6.07, 6.45) is 0. The molecule has 3 amide bonds. The van der Waals surface area contributed by atoms with Gasteiger partial charge in [0.25, 0.3) is 17.7 Å². The van der Waals surface area contributed by atoms with Gasteiger partial charge in [-0.25, -0.2) is 5.01 Å². The SMILES string of the molecule is Cc1ccc(C(=O)[C@H](C)N(C(=O)c2ccc(Cl)cc2)N2C(=O)[C@H]3[C@H](C2=O)[C@@]2(Cl)C(Cl)=C(Cl)[C@@]3(Cl)C2(Cl)Cl)cc1.